The normalized spacial score (nSPS) is 13.3. The lowest BCUT2D eigenvalue weighted by atomic mass is 9.88. The van der Waals surface area contributed by atoms with Gasteiger partial charge in [0.25, 0.3) is 10.2 Å². The number of hydrogen-bond acceptors (Lipinski definition) is 3. The first kappa shape index (κ1) is 16.8. The van der Waals surface area contributed by atoms with E-state index in [1.807, 2.05) is 27.7 Å². The summed E-state index contributed by atoms with van der Waals surface area (Å²) in [7, 11) is -3.37. The summed E-state index contributed by atoms with van der Waals surface area (Å²) in [4.78, 5) is 0. The Hall–Kier alpha value is -0.170. The maximum absolute atomic E-state index is 11.6. The maximum atomic E-state index is 11.6. The van der Waals surface area contributed by atoms with Gasteiger partial charge >= 0.3 is 0 Å². The van der Waals surface area contributed by atoms with Gasteiger partial charge in [0.15, 0.2) is 0 Å². The Kier molecular flexibility index (Phi) is 7.23. The Bertz CT molecular complexity index is 300. The van der Waals surface area contributed by atoms with Crippen LogP contribution in [0.5, 0.6) is 0 Å². The van der Waals surface area contributed by atoms with Gasteiger partial charge in [-0.15, -0.1) is 0 Å². The van der Waals surface area contributed by atoms with Gasteiger partial charge in [0, 0.05) is 13.1 Å². The van der Waals surface area contributed by atoms with Crippen LogP contribution < -0.4 is 15.2 Å². The zero-order chi connectivity index (χ0) is 13.5. The Morgan fingerprint density at radius 3 is 2.29 bits per heavy atom. The van der Waals surface area contributed by atoms with Gasteiger partial charge in [-0.2, -0.15) is 8.42 Å². The topological polar surface area (TPSA) is 84.2 Å². The molecule has 0 rings (SSSR count). The van der Waals surface area contributed by atoms with Crippen molar-refractivity contribution in [2.75, 3.05) is 19.6 Å². The third-order valence-corrected chi connectivity index (χ3v) is 3.55. The third-order valence-electron chi connectivity index (χ3n) is 2.48. The lowest BCUT2D eigenvalue weighted by Gasteiger charge is -2.24. The molecule has 104 valence electrons. The highest BCUT2D eigenvalue weighted by molar-refractivity contribution is 7.87. The first-order valence-corrected chi connectivity index (χ1v) is 7.61. The molecule has 0 aliphatic carbocycles. The largest absolute Gasteiger partial charge is 0.330 e. The first-order chi connectivity index (χ1) is 7.68. The van der Waals surface area contributed by atoms with Crippen molar-refractivity contribution in [3.05, 3.63) is 0 Å². The summed E-state index contributed by atoms with van der Waals surface area (Å²) < 4.78 is 28.3. The standard InChI is InChI=1S/C11H27N3O2S/c1-10(2)8-13-17(15,16)14-9-11(3,4)6-5-7-12/h10,13-14H,5-9,12H2,1-4H3. The summed E-state index contributed by atoms with van der Waals surface area (Å²) in [6.07, 6.45) is 1.82. The van der Waals surface area contributed by atoms with Crippen LogP contribution in [-0.4, -0.2) is 28.1 Å². The highest BCUT2D eigenvalue weighted by Crippen LogP contribution is 2.20. The molecule has 0 radical (unpaired) electrons. The van der Waals surface area contributed by atoms with Crippen molar-refractivity contribution in [1.82, 2.24) is 9.44 Å². The summed E-state index contributed by atoms with van der Waals surface area (Å²) in [5.41, 5.74) is 5.38. The molecule has 0 aliphatic rings. The Morgan fingerprint density at radius 1 is 1.24 bits per heavy atom. The van der Waals surface area contributed by atoms with Gasteiger partial charge in [0.1, 0.15) is 0 Å². The molecule has 0 saturated carbocycles. The van der Waals surface area contributed by atoms with Crippen LogP contribution in [0.25, 0.3) is 0 Å². The maximum Gasteiger partial charge on any atom is 0.276 e. The van der Waals surface area contributed by atoms with E-state index in [1.165, 1.54) is 0 Å². The van der Waals surface area contributed by atoms with E-state index in [2.05, 4.69) is 9.44 Å². The zero-order valence-corrected chi connectivity index (χ0v) is 12.2. The molecule has 0 heterocycles. The summed E-state index contributed by atoms with van der Waals surface area (Å²) in [6.45, 7) is 9.53. The second-order valence-electron chi connectivity index (χ2n) is 5.62. The van der Waals surface area contributed by atoms with Crippen LogP contribution >= 0.6 is 0 Å². The zero-order valence-electron chi connectivity index (χ0n) is 11.4. The van der Waals surface area contributed by atoms with E-state index >= 15 is 0 Å². The van der Waals surface area contributed by atoms with Crippen LogP contribution in [0.15, 0.2) is 0 Å². The van der Waals surface area contributed by atoms with E-state index in [0.29, 0.717) is 25.6 Å². The molecule has 0 saturated heterocycles. The summed E-state index contributed by atoms with van der Waals surface area (Å²) in [6, 6.07) is 0. The van der Waals surface area contributed by atoms with Gasteiger partial charge in [-0.25, -0.2) is 9.44 Å². The number of hydrogen-bond donors (Lipinski definition) is 3. The second kappa shape index (κ2) is 7.31. The van der Waals surface area contributed by atoms with Crippen LogP contribution in [0, 0.1) is 11.3 Å². The van der Waals surface area contributed by atoms with Crippen molar-refractivity contribution in [3.8, 4) is 0 Å². The van der Waals surface area contributed by atoms with Crippen molar-refractivity contribution in [2.45, 2.75) is 40.5 Å². The predicted octanol–water partition coefficient (Wildman–Crippen LogP) is 0.832. The van der Waals surface area contributed by atoms with Gasteiger partial charge in [0.05, 0.1) is 0 Å². The Balaban J connectivity index is 4.07. The minimum absolute atomic E-state index is 0.0635. The predicted molar refractivity (Wildman–Crippen MR) is 71.8 cm³/mol. The summed E-state index contributed by atoms with van der Waals surface area (Å²) >= 11 is 0. The van der Waals surface area contributed by atoms with E-state index < -0.39 is 10.2 Å². The highest BCUT2D eigenvalue weighted by Gasteiger charge is 2.20. The minimum Gasteiger partial charge on any atom is -0.330 e. The molecule has 0 amide bonds. The molecule has 0 aromatic rings. The monoisotopic (exact) mass is 265 g/mol. The van der Waals surface area contributed by atoms with Crippen LogP contribution in [0.3, 0.4) is 0 Å². The van der Waals surface area contributed by atoms with Crippen molar-refractivity contribution >= 4 is 10.2 Å². The number of rotatable bonds is 9. The van der Waals surface area contributed by atoms with Crippen molar-refractivity contribution in [1.29, 1.82) is 0 Å². The fourth-order valence-electron chi connectivity index (χ4n) is 1.29. The summed E-state index contributed by atoms with van der Waals surface area (Å²) in [5, 5.41) is 0. The molecule has 5 nitrogen and oxygen atoms in total. The molecule has 0 aromatic carbocycles. The van der Waals surface area contributed by atoms with E-state index in [1.54, 1.807) is 0 Å². The average molecular weight is 265 g/mol. The van der Waals surface area contributed by atoms with Crippen LogP contribution in [0.4, 0.5) is 0 Å². The van der Waals surface area contributed by atoms with E-state index in [9.17, 15) is 8.42 Å². The average Bonchev–Trinajstić information content (AvgIpc) is 2.22. The highest BCUT2D eigenvalue weighted by atomic mass is 32.2. The molecule has 17 heavy (non-hydrogen) atoms. The number of nitrogens with one attached hydrogen (secondary N) is 2. The van der Waals surface area contributed by atoms with Gasteiger partial charge in [-0.05, 0) is 30.7 Å². The van der Waals surface area contributed by atoms with Crippen LogP contribution in [-0.2, 0) is 10.2 Å². The molecule has 0 aliphatic heterocycles. The lowest BCUT2D eigenvalue weighted by Crippen LogP contribution is -2.42. The molecular formula is C11H27N3O2S. The molecule has 0 bridgehead atoms. The smallest absolute Gasteiger partial charge is 0.276 e. The van der Waals surface area contributed by atoms with Crippen molar-refractivity contribution in [2.24, 2.45) is 17.1 Å². The number of nitrogens with two attached hydrogens (primary N) is 1. The SMILES string of the molecule is CC(C)CNS(=O)(=O)NCC(C)(C)CCCN. The van der Waals surface area contributed by atoms with Crippen LogP contribution in [0.1, 0.15) is 40.5 Å². The minimum atomic E-state index is -3.37. The molecule has 0 fully saturated rings. The van der Waals surface area contributed by atoms with Gasteiger partial charge in [0.2, 0.25) is 0 Å². The Morgan fingerprint density at radius 2 is 1.82 bits per heavy atom. The fraction of sp³-hybridized carbons (Fsp3) is 1.00. The van der Waals surface area contributed by atoms with Crippen molar-refractivity contribution in [3.63, 3.8) is 0 Å². The molecule has 0 atom stereocenters. The fourth-order valence-corrected chi connectivity index (χ4v) is 2.52. The first-order valence-electron chi connectivity index (χ1n) is 6.13. The van der Waals surface area contributed by atoms with Gasteiger partial charge in [-0.1, -0.05) is 27.7 Å². The van der Waals surface area contributed by atoms with Gasteiger partial charge in [-0.3, -0.25) is 0 Å². The van der Waals surface area contributed by atoms with Crippen LogP contribution in [0.2, 0.25) is 0 Å². The quantitative estimate of drug-likeness (QED) is 0.577. The molecule has 4 N–H and O–H groups in total. The lowest BCUT2D eigenvalue weighted by molar-refractivity contribution is 0.326. The summed E-state index contributed by atoms with van der Waals surface area (Å²) in [5.74, 6) is 0.303. The van der Waals surface area contributed by atoms with E-state index in [-0.39, 0.29) is 5.41 Å². The third kappa shape index (κ3) is 9.52. The van der Waals surface area contributed by atoms with E-state index in [0.717, 1.165) is 12.8 Å². The molecule has 0 spiro atoms. The molecule has 0 unspecified atom stereocenters. The second-order valence-corrected chi connectivity index (χ2v) is 7.21. The van der Waals surface area contributed by atoms with Crippen molar-refractivity contribution < 1.29 is 8.42 Å². The Labute approximate surface area is 106 Å². The molecule has 6 heteroatoms. The van der Waals surface area contributed by atoms with E-state index in [4.69, 9.17) is 5.73 Å². The molecular weight excluding hydrogens is 238 g/mol. The molecule has 0 aromatic heterocycles. The van der Waals surface area contributed by atoms with Gasteiger partial charge < -0.3 is 5.73 Å².